The third kappa shape index (κ3) is 5.50. The van der Waals surface area contributed by atoms with Gasteiger partial charge in [0, 0.05) is 16.5 Å². The zero-order chi connectivity index (χ0) is 27.7. The number of ether oxygens (including phenoxy) is 3. The first-order valence-electron chi connectivity index (χ1n) is 12.3. The minimum absolute atomic E-state index is 0.152. The average Bonchev–Trinajstić information content (AvgIpc) is 3.65. The van der Waals surface area contributed by atoms with E-state index in [0.29, 0.717) is 11.1 Å². The molecule has 2 aliphatic rings. The number of aliphatic hydroxyl groups excluding tert-OH is 1. The molecule has 0 bridgehead atoms. The molecule has 4 N–H and O–H groups in total. The summed E-state index contributed by atoms with van der Waals surface area (Å²) in [6.07, 6.45) is -4.72. The van der Waals surface area contributed by atoms with E-state index in [1.807, 2.05) is 30.5 Å². The zero-order valence-corrected chi connectivity index (χ0v) is 22.1. The molecule has 4 aromatic rings. The predicted octanol–water partition coefficient (Wildman–Crippen LogP) is 5.12. The number of nitrogens with zero attached hydrogens (tertiary/aromatic N) is 1. The molecule has 4 heterocycles. The standard InChI is InChI=1S/C27H23F3N2O4S.CH5N/c1-37-17-8-6-15(7-9-17)14-2-4-16(5-3-14)24-18(27(28,29)30)10-19-20(32-24)11-23(31-19)36-22-13-35-25-21(33)12-34-26(22)25;1-2/h2-11,21-22,25-26,31,33H,12-13H2,1H3;2H2,1H3/t21?,22?,25?,26-;/m1./s1. The fourth-order valence-electron chi connectivity index (χ4n) is 4.84. The van der Waals surface area contributed by atoms with Crippen molar-refractivity contribution in [2.75, 3.05) is 26.5 Å². The molecule has 2 fully saturated rings. The molecule has 0 amide bonds. The molecule has 7 nitrogen and oxygen atoms in total. The Morgan fingerprint density at radius 2 is 1.56 bits per heavy atom. The largest absolute Gasteiger partial charge is 0.470 e. The Morgan fingerprint density at radius 3 is 2.21 bits per heavy atom. The molecule has 6 rings (SSSR count). The minimum atomic E-state index is -4.60. The van der Waals surface area contributed by atoms with Gasteiger partial charge in [-0.1, -0.05) is 36.4 Å². The van der Waals surface area contributed by atoms with Crippen LogP contribution in [0.5, 0.6) is 5.88 Å². The Bertz CT molecular complexity index is 1430. The van der Waals surface area contributed by atoms with Crippen LogP contribution in [0, 0.1) is 0 Å². The molecule has 206 valence electrons. The van der Waals surface area contributed by atoms with Crippen molar-refractivity contribution in [3.8, 4) is 28.3 Å². The maximum absolute atomic E-state index is 14.1. The highest BCUT2D eigenvalue weighted by Crippen LogP contribution is 2.39. The highest BCUT2D eigenvalue weighted by atomic mass is 32.2. The first-order chi connectivity index (χ1) is 18.8. The maximum Gasteiger partial charge on any atom is 0.418 e. The summed E-state index contributed by atoms with van der Waals surface area (Å²) < 4.78 is 59.2. The number of nitrogens with one attached hydrogen (secondary N) is 1. The number of benzene rings is 2. The van der Waals surface area contributed by atoms with E-state index in [4.69, 9.17) is 14.2 Å². The van der Waals surface area contributed by atoms with Gasteiger partial charge in [0.25, 0.3) is 0 Å². The number of alkyl halides is 3. The number of aromatic nitrogens is 2. The molecule has 0 spiro atoms. The Labute approximate surface area is 227 Å². The summed E-state index contributed by atoms with van der Waals surface area (Å²) in [6, 6.07) is 17.5. The lowest BCUT2D eigenvalue weighted by Gasteiger charge is -2.16. The van der Waals surface area contributed by atoms with E-state index in [9.17, 15) is 18.3 Å². The Kier molecular flexibility index (Phi) is 7.88. The molecular weight excluding hydrogens is 531 g/mol. The normalized spacial score (nSPS) is 22.4. The van der Waals surface area contributed by atoms with E-state index in [1.54, 1.807) is 42.1 Å². The summed E-state index contributed by atoms with van der Waals surface area (Å²) >= 11 is 1.64. The Balaban J connectivity index is 0.00000151. The summed E-state index contributed by atoms with van der Waals surface area (Å²) in [5.41, 5.74) is 6.31. The van der Waals surface area contributed by atoms with Crippen LogP contribution in [-0.2, 0) is 15.7 Å². The Hall–Kier alpha value is -3.09. The van der Waals surface area contributed by atoms with Crippen molar-refractivity contribution < 1.29 is 32.5 Å². The van der Waals surface area contributed by atoms with Crippen molar-refractivity contribution >= 4 is 22.8 Å². The van der Waals surface area contributed by atoms with Crippen LogP contribution < -0.4 is 10.5 Å². The SMILES string of the molecule is CN.CSc1ccc(-c2ccc(-c3nc4cc(OC5COC6C(O)CO[C@H]56)[nH]c4cc3C(F)(F)F)cc2)cc1. The number of nitrogens with two attached hydrogens (primary N) is 1. The van der Waals surface area contributed by atoms with Crippen LogP contribution in [0.2, 0.25) is 0 Å². The summed E-state index contributed by atoms with van der Waals surface area (Å²) in [7, 11) is 1.50. The van der Waals surface area contributed by atoms with E-state index < -0.39 is 36.2 Å². The molecular formula is C28H28F3N3O4S. The second-order valence-corrected chi connectivity index (χ2v) is 9.95. The number of halogens is 3. The van der Waals surface area contributed by atoms with Crippen LogP contribution in [0.15, 0.2) is 65.6 Å². The highest BCUT2D eigenvalue weighted by Gasteiger charge is 2.48. The molecule has 2 aromatic heterocycles. The van der Waals surface area contributed by atoms with Crippen molar-refractivity contribution in [1.82, 2.24) is 9.97 Å². The van der Waals surface area contributed by atoms with Gasteiger partial charge in [0.05, 0.1) is 35.5 Å². The lowest BCUT2D eigenvalue weighted by Crippen LogP contribution is -2.34. The molecule has 4 atom stereocenters. The van der Waals surface area contributed by atoms with E-state index in [-0.39, 0.29) is 30.3 Å². The summed E-state index contributed by atoms with van der Waals surface area (Å²) in [4.78, 5) is 8.39. The van der Waals surface area contributed by atoms with Gasteiger partial charge in [0.2, 0.25) is 0 Å². The maximum atomic E-state index is 14.1. The topological polar surface area (TPSA) is 103 Å². The van der Waals surface area contributed by atoms with Crippen LogP contribution in [0.3, 0.4) is 0 Å². The van der Waals surface area contributed by atoms with Gasteiger partial charge in [-0.25, -0.2) is 4.98 Å². The lowest BCUT2D eigenvalue weighted by molar-refractivity contribution is -0.137. The zero-order valence-electron chi connectivity index (χ0n) is 21.2. The fraction of sp³-hybridized carbons (Fsp3) is 0.321. The van der Waals surface area contributed by atoms with Crippen LogP contribution in [-0.4, -0.2) is 66.0 Å². The van der Waals surface area contributed by atoms with Gasteiger partial charge in [-0.2, -0.15) is 13.2 Å². The minimum Gasteiger partial charge on any atom is -0.470 e. The number of rotatable bonds is 5. The van der Waals surface area contributed by atoms with Crippen molar-refractivity contribution in [2.45, 2.75) is 35.5 Å². The third-order valence-corrected chi connectivity index (χ3v) is 7.47. The van der Waals surface area contributed by atoms with E-state index >= 15 is 0 Å². The van der Waals surface area contributed by atoms with Crippen molar-refractivity contribution in [1.29, 1.82) is 0 Å². The van der Waals surface area contributed by atoms with Crippen LogP contribution >= 0.6 is 11.8 Å². The quantitative estimate of drug-likeness (QED) is 0.292. The molecule has 11 heteroatoms. The molecule has 0 saturated carbocycles. The summed E-state index contributed by atoms with van der Waals surface area (Å²) in [6.45, 7) is 0.365. The molecule has 2 aliphatic heterocycles. The number of hydrogen-bond acceptors (Lipinski definition) is 7. The summed E-state index contributed by atoms with van der Waals surface area (Å²) in [5.74, 6) is 0.260. The monoisotopic (exact) mass is 559 g/mol. The molecule has 0 aliphatic carbocycles. The van der Waals surface area contributed by atoms with Crippen molar-refractivity contribution in [2.24, 2.45) is 5.73 Å². The number of H-pyrrole nitrogens is 1. The number of fused-ring (bicyclic) bond motifs is 2. The van der Waals surface area contributed by atoms with Gasteiger partial charge in [0.15, 0.2) is 12.0 Å². The van der Waals surface area contributed by atoms with Gasteiger partial charge in [-0.3, -0.25) is 0 Å². The third-order valence-electron chi connectivity index (χ3n) is 6.72. The van der Waals surface area contributed by atoms with Gasteiger partial charge in [-0.05, 0) is 42.6 Å². The molecule has 2 saturated heterocycles. The Morgan fingerprint density at radius 1 is 0.949 bits per heavy atom. The van der Waals surface area contributed by atoms with Crippen LogP contribution in [0.25, 0.3) is 33.4 Å². The van der Waals surface area contributed by atoms with Crippen molar-refractivity contribution in [3.63, 3.8) is 0 Å². The summed E-state index contributed by atoms with van der Waals surface area (Å²) in [5, 5.41) is 9.92. The molecule has 0 radical (unpaired) electrons. The van der Waals surface area contributed by atoms with Gasteiger partial charge in [-0.15, -0.1) is 11.8 Å². The average molecular weight is 560 g/mol. The van der Waals surface area contributed by atoms with E-state index in [1.165, 1.54) is 7.05 Å². The van der Waals surface area contributed by atoms with Crippen LogP contribution in [0.4, 0.5) is 13.2 Å². The molecule has 2 aromatic carbocycles. The van der Waals surface area contributed by atoms with E-state index in [2.05, 4.69) is 15.7 Å². The predicted molar refractivity (Wildman–Crippen MR) is 144 cm³/mol. The highest BCUT2D eigenvalue weighted by molar-refractivity contribution is 7.98. The first-order valence-corrected chi connectivity index (χ1v) is 13.5. The van der Waals surface area contributed by atoms with Crippen LogP contribution in [0.1, 0.15) is 5.56 Å². The number of aromatic amines is 1. The second kappa shape index (κ2) is 11.2. The number of pyridine rings is 1. The lowest BCUT2D eigenvalue weighted by atomic mass is 10.00. The van der Waals surface area contributed by atoms with Crippen molar-refractivity contribution in [3.05, 3.63) is 66.2 Å². The van der Waals surface area contributed by atoms with Gasteiger partial charge >= 0.3 is 6.18 Å². The second-order valence-electron chi connectivity index (χ2n) is 9.07. The molecule has 39 heavy (non-hydrogen) atoms. The van der Waals surface area contributed by atoms with Gasteiger partial charge in [0.1, 0.15) is 18.3 Å². The number of thioether (sulfide) groups is 1. The molecule has 3 unspecified atom stereocenters. The number of aliphatic hydroxyl groups is 1. The fourth-order valence-corrected chi connectivity index (χ4v) is 5.25. The van der Waals surface area contributed by atoms with Gasteiger partial charge < -0.3 is 30.0 Å². The number of hydrogen-bond donors (Lipinski definition) is 3. The smallest absolute Gasteiger partial charge is 0.418 e. The van der Waals surface area contributed by atoms with E-state index in [0.717, 1.165) is 22.1 Å². The first kappa shape index (κ1) is 27.5.